The first-order valence-corrected chi connectivity index (χ1v) is 7.26. The van der Waals surface area contributed by atoms with E-state index in [-0.39, 0.29) is 0 Å². The van der Waals surface area contributed by atoms with Crippen LogP contribution in [-0.4, -0.2) is 33.1 Å². The number of ether oxygens (including phenoxy) is 1. The van der Waals surface area contributed by atoms with Crippen molar-refractivity contribution in [2.75, 3.05) is 13.2 Å². The van der Waals surface area contributed by atoms with Crippen LogP contribution >= 0.6 is 11.3 Å². The van der Waals surface area contributed by atoms with Crippen molar-refractivity contribution < 1.29 is 4.74 Å². The molecule has 0 aliphatic carbocycles. The summed E-state index contributed by atoms with van der Waals surface area (Å²) in [5.41, 5.74) is 2.07. The fourth-order valence-electron chi connectivity index (χ4n) is 2.21. The molecule has 0 fully saturated rings. The largest absolute Gasteiger partial charge is 0.375 e. The molecule has 3 heterocycles. The Morgan fingerprint density at radius 1 is 1.58 bits per heavy atom. The highest BCUT2D eigenvalue weighted by atomic mass is 32.1. The molecule has 0 spiro atoms. The molecular formula is C12H17N5OS. The maximum Gasteiger partial charge on any atom is 0.106 e. The van der Waals surface area contributed by atoms with Crippen molar-refractivity contribution in [3.05, 3.63) is 28.0 Å². The molecule has 0 amide bonds. The number of aromatic nitrogens is 4. The number of thiazole rings is 1. The molecule has 6 nitrogen and oxygen atoms in total. The Morgan fingerprint density at radius 2 is 2.53 bits per heavy atom. The normalized spacial score (nSPS) is 19.1. The number of hydrogen-bond donors (Lipinski definition) is 1. The average molecular weight is 279 g/mol. The molecule has 2 aromatic rings. The molecule has 19 heavy (non-hydrogen) atoms. The lowest BCUT2D eigenvalue weighted by Crippen LogP contribution is -2.28. The third kappa shape index (κ3) is 2.99. The van der Waals surface area contributed by atoms with E-state index < -0.39 is 0 Å². The molecule has 2 aromatic heterocycles. The highest BCUT2D eigenvalue weighted by molar-refractivity contribution is 7.09. The Kier molecular flexibility index (Phi) is 3.86. The molecule has 1 atom stereocenters. The minimum absolute atomic E-state index is 0.419. The van der Waals surface area contributed by atoms with Gasteiger partial charge >= 0.3 is 0 Å². The lowest BCUT2D eigenvalue weighted by Gasteiger charge is -2.14. The third-order valence-electron chi connectivity index (χ3n) is 3.25. The molecule has 1 aliphatic rings. The van der Waals surface area contributed by atoms with E-state index in [1.54, 1.807) is 11.3 Å². The molecule has 0 unspecified atom stereocenters. The van der Waals surface area contributed by atoms with E-state index in [9.17, 15) is 0 Å². The van der Waals surface area contributed by atoms with Crippen LogP contribution in [0.25, 0.3) is 0 Å². The fraction of sp³-hybridized carbons (Fsp3) is 0.583. The van der Waals surface area contributed by atoms with E-state index in [0.717, 1.165) is 42.6 Å². The molecule has 0 saturated heterocycles. The van der Waals surface area contributed by atoms with Crippen molar-refractivity contribution in [1.82, 2.24) is 25.3 Å². The van der Waals surface area contributed by atoms with Gasteiger partial charge in [0.05, 0.1) is 24.6 Å². The summed E-state index contributed by atoms with van der Waals surface area (Å²) >= 11 is 1.67. The van der Waals surface area contributed by atoms with Crippen LogP contribution in [0.5, 0.6) is 0 Å². The molecule has 0 aromatic carbocycles. The monoisotopic (exact) mass is 279 g/mol. The predicted octanol–water partition coefficient (Wildman–Crippen LogP) is 0.979. The Labute approximate surface area is 115 Å². The van der Waals surface area contributed by atoms with Crippen molar-refractivity contribution in [3.63, 3.8) is 0 Å². The van der Waals surface area contributed by atoms with Crippen LogP contribution in [-0.2, 0) is 24.4 Å². The fourth-order valence-corrected chi connectivity index (χ4v) is 2.80. The highest BCUT2D eigenvalue weighted by Crippen LogP contribution is 2.14. The molecule has 1 N–H and O–H groups in total. The number of fused-ring (bicyclic) bond motifs is 1. The SMILES string of the molecule is Cc1nnn2c1COC[C@@H](CNCc1nccs1)C2. The zero-order valence-corrected chi connectivity index (χ0v) is 11.7. The molecule has 3 rings (SSSR count). The van der Waals surface area contributed by atoms with Gasteiger partial charge in [0.1, 0.15) is 5.01 Å². The van der Waals surface area contributed by atoms with Crippen LogP contribution in [0.15, 0.2) is 11.6 Å². The van der Waals surface area contributed by atoms with Crippen molar-refractivity contribution in [2.24, 2.45) is 5.92 Å². The van der Waals surface area contributed by atoms with Gasteiger partial charge in [-0.3, -0.25) is 0 Å². The molecule has 0 bridgehead atoms. The molecule has 102 valence electrons. The van der Waals surface area contributed by atoms with Gasteiger partial charge in [0.25, 0.3) is 0 Å². The average Bonchev–Trinajstić information content (AvgIpc) is 2.97. The van der Waals surface area contributed by atoms with E-state index in [4.69, 9.17) is 4.74 Å². The first-order valence-electron chi connectivity index (χ1n) is 6.38. The number of nitrogens with one attached hydrogen (secondary N) is 1. The first kappa shape index (κ1) is 12.7. The van der Waals surface area contributed by atoms with Crippen LogP contribution in [0, 0.1) is 12.8 Å². The summed E-state index contributed by atoms with van der Waals surface area (Å²) in [6.45, 7) is 5.93. The standard InChI is InChI=1S/C12H17N5OS/c1-9-11-8-18-7-10(6-17(11)16-15-9)4-13-5-12-14-2-3-19-12/h2-3,10,13H,4-8H2,1H3/t10-/m0/s1. The summed E-state index contributed by atoms with van der Waals surface area (Å²) in [5, 5.41) is 14.8. The van der Waals surface area contributed by atoms with Gasteiger partial charge < -0.3 is 10.1 Å². The summed E-state index contributed by atoms with van der Waals surface area (Å²) in [4.78, 5) is 4.25. The smallest absolute Gasteiger partial charge is 0.106 e. The summed E-state index contributed by atoms with van der Waals surface area (Å²) in [5.74, 6) is 0.419. The third-order valence-corrected chi connectivity index (χ3v) is 4.03. The highest BCUT2D eigenvalue weighted by Gasteiger charge is 2.19. The van der Waals surface area contributed by atoms with Gasteiger partial charge in [0.15, 0.2) is 0 Å². The minimum Gasteiger partial charge on any atom is -0.375 e. The topological polar surface area (TPSA) is 64.9 Å². The number of rotatable bonds is 4. The Balaban J connectivity index is 1.54. The van der Waals surface area contributed by atoms with Gasteiger partial charge in [0.2, 0.25) is 0 Å². The second kappa shape index (κ2) is 5.77. The van der Waals surface area contributed by atoms with Crippen LogP contribution in [0.4, 0.5) is 0 Å². The summed E-state index contributed by atoms with van der Waals surface area (Å²) in [7, 11) is 0. The Hall–Kier alpha value is -1.31. The molecule has 0 radical (unpaired) electrons. The van der Waals surface area contributed by atoms with Crippen molar-refractivity contribution in [1.29, 1.82) is 0 Å². The van der Waals surface area contributed by atoms with Crippen LogP contribution in [0.1, 0.15) is 16.4 Å². The van der Waals surface area contributed by atoms with E-state index in [2.05, 4.69) is 20.6 Å². The van der Waals surface area contributed by atoms with E-state index in [1.165, 1.54) is 0 Å². The molecule has 7 heteroatoms. The van der Waals surface area contributed by atoms with Gasteiger partial charge in [0, 0.05) is 37.1 Å². The Morgan fingerprint density at radius 3 is 3.37 bits per heavy atom. The first-order chi connectivity index (χ1) is 9.33. The number of hydrogen-bond acceptors (Lipinski definition) is 6. The Bertz CT molecular complexity index is 524. The summed E-state index contributed by atoms with van der Waals surface area (Å²) in [6, 6.07) is 0. The lowest BCUT2D eigenvalue weighted by atomic mass is 10.1. The number of nitrogens with zero attached hydrogens (tertiary/aromatic N) is 4. The van der Waals surface area contributed by atoms with E-state index >= 15 is 0 Å². The van der Waals surface area contributed by atoms with Crippen molar-refractivity contribution >= 4 is 11.3 Å². The minimum atomic E-state index is 0.419. The van der Waals surface area contributed by atoms with Crippen LogP contribution in [0.3, 0.4) is 0 Å². The molecule has 0 saturated carbocycles. The second-order valence-corrected chi connectivity index (χ2v) is 5.72. The van der Waals surface area contributed by atoms with Crippen LogP contribution in [0.2, 0.25) is 0 Å². The van der Waals surface area contributed by atoms with Gasteiger partial charge in [-0.25, -0.2) is 9.67 Å². The van der Waals surface area contributed by atoms with Gasteiger partial charge in [-0.05, 0) is 6.92 Å². The lowest BCUT2D eigenvalue weighted by molar-refractivity contribution is 0.0936. The van der Waals surface area contributed by atoms with E-state index in [1.807, 2.05) is 23.2 Å². The quantitative estimate of drug-likeness (QED) is 0.904. The maximum atomic E-state index is 5.71. The number of aryl methyl sites for hydroxylation is 1. The molecule has 1 aliphatic heterocycles. The maximum absolute atomic E-state index is 5.71. The predicted molar refractivity (Wildman–Crippen MR) is 71.7 cm³/mol. The van der Waals surface area contributed by atoms with Gasteiger partial charge in [-0.15, -0.1) is 16.4 Å². The zero-order valence-electron chi connectivity index (χ0n) is 10.9. The summed E-state index contributed by atoms with van der Waals surface area (Å²) < 4.78 is 7.68. The van der Waals surface area contributed by atoms with Crippen molar-refractivity contribution in [2.45, 2.75) is 26.6 Å². The van der Waals surface area contributed by atoms with Gasteiger partial charge in [-0.2, -0.15) is 0 Å². The van der Waals surface area contributed by atoms with Crippen LogP contribution < -0.4 is 5.32 Å². The zero-order chi connectivity index (χ0) is 13.1. The van der Waals surface area contributed by atoms with Crippen molar-refractivity contribution in [3.8, 4) is 0 Å². The second-order valence-electron chi connectivity index (χ2n) is 4.74. The van der Waals surface area contributed by atoms with E-state index in [0.29, 0.717) is 12.5 Å². The van der Waals surface area contributed by atoms with Gasteiger partial charge in [-0.1, -0.05) is 5.21 Å². The molecular weight excluding hydrogens is 262 g/mol. The summed E-state index contributed by atoms with van der Waals surface area (Å²) in [6.07, 6.45) is 1.83.